The molecule has 1 aromatic carbocycles. The zero-order valence-electron chi connectivity index (χ0n) is 13.8. The first-order valence-electron chi connectivity index (χ1n) is 8.00. The third-order valence-corrected chi connectivity index (χ3v) is 6.59. The molecule has 2 unspecified atom stereocenters. The number of aromatic nitrogens is 1. The molecule has 1 aliphatic rings. The Morgan fingerprint density at radius 3 is 2.83 bits per heavy atom. The molecule has 1 aromatic heterocycles. The molecule has 0 saturated carbocycles. The molecule has 0 amide bonds. The maximum absolute atomic E-state index is 13.3. The van der Waals surface area contributed by atoms with Gasteiger partial charge in [0.2, 0.25) is 10.0 Å². The second-order valence-electron chi connectivity index (χ2n) is 6.37. The van der Waals surface area contributed by atoms with Gasteiger partial charge in [-0.15, -0.1) is 0 Å². The molecule has 2 heterocycles. The Balaban J connectivity index is 2.13. The largest absolute Gasteiger partial charge is 0.313 e. The highest BCUT2D eigenvalue weighted by Crippen LogP contribution is 2.29. The molecule has 124 valence electrons. The number of sulfonamides is 1. The number of aryl methyl sites for hydroxylation is 1. The van der Waals surface area contributed by atoms with E-state index in [4.69, 9.17) is 0 Å². The summed E-state index contributed by atoms with van der Waals surface area (Å²) in [5.74, 6) is 0. The molecule has 1 saturated heterocycles. The molecule has 2 atom stereocenters. The van der Waals surface area contributed by atoms with Gasteiger partial charge in [-0.05, 0) is 38.8 Å². The van der Waals surface area contributed by atoms with E-state index in [0.29, 0.717) is 24.0 Å². The SMILES string of the molecule is Cc1cncc2cccc(S(=O)(=O)N3CCNC(C)CC3C)c12. The van der Waals surface area contributed by atoms with Crippen LogP contribution >= 0.6 is 0 Å². The van der Waals surface area contributed by atoms with Gasteiger partial charge in [-0.3, -0.25) is 4.98 Å². The van der Waals surface area contributed by atoms with Crippen LogP contribution in [0.2, 0.25) is 0 Å². The van der Waals surface area contributed by atoms with E-state index in [1.54, 1.807) is 28.8 Å². The number of fused-ring (bicyclic) bond motifs is 1. The van der Waals surface area contributed by atoms with E-state index in [2.05, 4.69) is 17.2 Å². The van der Waals surface area contributed by atoms with Crippen LogP contribution in [-0.2, 0) is 10.0 Å². The van der Waals surface area contributed by atoms with Gasteiger partial charge < -0.3 is 5.32 Å². The summed E-state index contributed by atoms with van der Waals surface area (Å²) >= 11 is 0. The van der Waals surface area contributed by atoms with Gasteiger partial charge >= 0.3 is 0 Å². The molecule has 0 spiro atoms. The number of nitrogens with one attached hydrogen (secondary N) is 1. The maximum Gasteiger partial charge on any atom is 0.243 e. The monoisotopic (exact) mass is 333 g/mol. The van der Waals surface area contributed by atoms with Crippen molar-refractivity contribution in [3.63, 3.8) is 0 Å². The smallest absolute Gasteiger partial charge is 0.243 e. The molecule has 3 rings (SSSR count). The van der Waals surface area contributed by atoms with Crippen molar-refractivity contribution in [3.05, 3.63) is 36.2 Å². The van der Waals surface area contributed by atoms with Crippen LogP contribution in [0.3, 0.4) is 0 Å². The van der Waals surface area contributed by atoms with Gasteiger partial charge in [-0.1, -0.05) is 12.1 Å². The minimum absolute atomic E-state index is 0.0256. The van der Waals surface area contributed by atoms with Crippen LogP contribution in [0.15, 0.2) is 35.5 Å². The Morgan fingerprint density at radius 2 is 2.04 bits per heavy atom. The van der Waals surface area contributed by atoms with Crippen LogP contribution in [0, 0.1) is 6.92 Å². The topological polar surface area (TPSA) is 62.3 Å². The van der Waals surface area contributed by atoms with Crippen molar-refractivity contribution in [1.29, 1.82) is 0 Å². The maximum atomic E-state index is 13.3. The van der Waals surface area contributed by atoms with E-state index < -0.39 is 10.0 Å². The van der Waals surface area contributed by atoms with E-state index >= 15 is 0 Å². The third kappa shape index (κ3) is 2.98. The Hall–Kier alpha value is -1.50. The predicted molar refractivity (Wildman–Crippen MR) is 91.9 cm³/mol. The lowest BCUT2D eigenvalue weighted by atomic mass is 10.1. The second-order valence-corrected chi connectivity index (χ2v) is 8.23. The average molecular weight is 333 g/mol. The molecular weight excluding hydrogens is 310 g/mol. The summed E-state index contributed by atoms with van der Waals surface area (Å²) < 4.78 is 28.2. The fourth-order valence-electron chi connectivity index (χ4n) is 3.42. The third-order valence-electron chi connectivity index (χ3n) is 4.53. The summed E-state index contributed by atoms with van der Waals surface area (Å²) in [6.45, 7) is 7.16. The van der Waals surface area contributed by atoms with Crippen molar-refractivity contribution in [3.8, 4) is 0 Å². The molecular formula is C17H23N3O2S. The van der Waals surface area contributed by atoms with Crippen LogP contribution in [0.25, 0.3) is 10.8 Å². The van der Waals surface area contributed by atoms with Crippen molar-refractivity contribution in [2.24, 2.45) is 0 Å². The van der Waals surface area contributed by atoms with Crippen LogP contribution in [-0.4, -0.2) is 42.9 Å². The van der Waals surface area contributed by atoms with Crippen molar-refractivity contribution in [2.75, 3.05) is 13.1 Å². The molecule has 23 heavy (non-hydrogen) atoms. The van der Waals surface area contributed by atoms with E-state index in [0.717, 1.165) is 22.8 Å². The van der Waals surface area contributed by atoms with Gasteiger partial charge in [0.05, 0.1) is 4.90 Å². The second kappa shape index (κ2) is 6.19. The number of hydrogen-bond donors (Lipinski definition) is 1. The van der Waals surface area contributed by atoms with E-state index in [9.17, 15) is 8.42 Å². The summed E-state index contributed by atoms with van der Waals surface area (Å²) in [4.78, 5) is 4.56. The quantitative estimate of drug-likeness (QED) is 0.916. The highest BCUT2D eigenvalue weighted by Gasteiger charge is 2.32. The lowest BCUT2D eigenvalue weighted by Crippen LogP contribution is -2.39. The van der Waals surface area contributed by atoms with Crippen LogP contribution < -0.4 is 5.32 Å². The molecule has 0 bridgehead atoms. The molecule has 6 heteroatoms. The summed E-state index contributed by atoms with van der Waals surface area (Å²) in [5, 5.41) is 5.00. The molecule has 1 fully saturated rings. The van der Waals surface area contributed by atoms with Gasteiger partial charge in [0.25, 0.3) is 0 Å². The molecule has 0 radical (unpaired) electrons. The Morgan fingerprint density at radius 1 is 1.26 bits per heavy atom. The number of hydrogen-bond acceptors (Lipinski definition) is 4. The summed E-state index contributed by atoms with van der Waals surface area (Å²) in [7, 11) is -3.54. The van der Waals surface area contributed by atoms with E-state index in [1.807, 2.05) is 19.9 Å². The number of rotatable bonds is 2. The van der Waals surface area contributed by atoms with Crippen molar-refractivity contribution in [2.45, 2.75) is 44.2 Å². The first-order chi connectivity index (χ1) is 10.9. The van der Waals surface area contributed by atoms with Crippen molar-refractivity contribution < 1.29 is 8.42 Å². The fraction of sp³-hybridized carbons (Fsp3) is 0.471. The van der Waals surface area contributed by atoms with E-state index in [1.165, 1.54) is 0 Å². The van der Waals surface area contributed by atoms with Gasteiger partial charge in [-0.2, -0.15) is 4.31 Å². The highest BCUT2D eigenvalue weighted by molar-refractivity contribution is 7.89. The predicted octanol–water partition coefficient (Wildman–Crippen LogP) is 2.30. The van der Waals surface area contributed by atoms with Gasteiger partial charge in [0.1, 0.15) is 0 Å². The molecule has 2 aromatic rings. The fourth-order valence-corrected chi connectivity index (χ4v) is 5.36. The Kier molecular flexibility index (Phi) is 4.40. The number of nitrogens with zero attached hydrogens (tertiary/aromatic N) is 2. The molecule has 0 aliphatic carbocycles. The first-order valence-corrected chi connectivity index (χ1v) is 9.44. The Bertz CT molecular complexity index is 814. The lowest BCUT2D eigenvalue weighted by Gasteiger charge is -2.27. The van der Waals surface area contributed by atoms with Crippen LogP contribution in [0.1, 0.15) is 25.8 Å². The summed E-state index contributed by atoms with van der Waals surface area (Å²) in [5.41, 5.74) is 0.885. The number of pyridine rings is 1. The lowest BCUT2D eigenvalue weighted by molar-refractivity contribution is 0.342. The summed E-state index contributed by atoms with van der Waals surface area (Å²) in [6.07, 6.45) is 4.25. The zero-order chi connectivity index (χ0) is 16.6. The van der Waals surface area contributed by atoms with Crippen molar-refractivity contribution >= 4 is 20.8 Å². The highest BCUT2D eigenvalue weighted by atomic mass is 32.2. The minimum atomic E-state index is -3.54. The molecule has 1 N–H and O–H groups in total. The normalized spacial score (nSPS) is 23.8. The van der Waals surface area contributed by atoms with Gasteiger partial charge in [0, 0.05) is 48.3 Å². The zero-order valence-corrected chi connectivity index (χ0v) is 14.6. The Labute approximate surface area is 137 Å². The minimum Gasteiger partial charge on any atom is -0.313 e. The average Bonchev–Trinajstić information content (AvgIpc) is 2.67. The van der Waals surface area contributed by atoms with Gasteiger partial charge in [-0.25, -0.2) is 8.42 Å². The van der Waals surface area contributed by atoms with Crippen LogP contribution in [0.5, 0.6) is 0 Å². The first kappa shape index (κ1) is 16.4. The van der Waals surface area contributed by atoms with Crippen molar-refractivity contribution in [1.82, 2.24) is 14.6 Å². The standard InChI is InChI=1S/C17H23N3O2S/c1-12-10-18-11-15-5-4-6-16(17(12)15)23(21,22)20-8-7-19-13(2)9-14(20)3/h4-6,10-11,13-14,19H,7-9H2,1-3H3. The van der Waals surface area contributed by atoms with Gasteiger partial charge in [0.15, 0.2) is 0 Å². The molecule has 5 nitrogen and oxygen atoms in total. The summed E-state index contributed by atoms with van der Waals surface area (Å²) in [6, 6.07) is 5.70. The molecule has 1 aliphatic heterocycles. The van der Waals surface area contributed by atoms with Crippen LogP contribution in [0.4, 0.5) is 0 Å². The number of benzene rings is 1. The van der Waals surface area contributed by atoms with E-state index in [-0.39, 0.29) is 6.04 Å².